The summed E-state index contributed by atoms with van der Waals surface area (Å²) in [4.78, 5) is 10.4. The van der Waals surface area contributed by atoms with Crippen LogP contribution in [0.5, 0.6) is 0 Å². The van der Waals surface area contributed by atoms with Crippen molar-refractivity contribution < 1.29 is 4.39 Å². The van der Waals surface area contributed by atoms with Crippen LogP contribution in [0.1, 0.15) is 11.1 Å². The second-order valence-electron chi connectivity index (χ2n) is 5.94. The first kappa shape index (κ1) is 17.7. The van der Waals surface area contributed by atoms with Gasteiger partial charge in [0, 0.05) is 32.5 Å². The van der Waals surface area contributed by atoms with Crippen LogP contribution in [0.3, 0.4) is 0 Å². The number of halogens is 1. The fourth-order valence-corrected chi connectivity index (χ4v) is 2.51. The zero-order chi connectivity index (χ0) is 18.2. The van der Waals surface area contributed by atoms with E-state index in [0.717, 1.165) is 13.0 Å². The van der Waals surface area contributed by atoms with Crippen molar-refractivity contribution in [3.05, 3.63) is 71.9 Å². The maximum Gasteiger partial charge on any atom is 0.247 e. The van der Waals surface area contributed by atoms with Gasteiger partial charge >= 0.3 is 0 Å². The molecule has 134 valence electrons. The van der Waals surface area contributed by atoms with E-state index in [1.165, 1.54) is 11.6 Å². The summed E-state index contributed by atoms with van der Waals surface area (Å²) in [7, 11) is 1.93. The van der Waals surface area contributed by atoms with Crippen LogP contribution in [0.15, 0.2) is 55.0 Å². The maximum absolute atomic E-state index is 13.6. The van der Waals surface area contributed by atoms with Crippen LogP contribution in [-0.4, -0.2) is 40.3 Å². The molecule has 0 aliphatic carbocycles. The van der Waals surface area contributed by atoms with Gasteiger partial charge in [0.25, 0.3) is 0 Å². The fourth-order valence-electron chi connectivity index (χ4n) is 2.51. The highest BCUT2D eigenvalue weighted by Gasteiger charge is 2.07. The van der Waals surface area contributed by atoms with E-state index in [9.17, 15) is 4.39 Å². The number of hydrogen-bond donors (Lipinski definition) is 1. The number of benzene rings is 1. The number of likely N-dealkylation sites (N-methyl/N-ethyl adjacent to an activating group) is 1. The molecule has 3 aromatic rings. The zero-order valence-electron chi connectivity index (χ0n) is 14.6. The Hall–Kier alpha value is -3.09. The molecule has 2 aromatic heterocycles. The number of rotatable bonds is 8. The summed E-state index contributed by atoms with van der Waals surface area (Å²) in [6.07, 6.45) is 6.58. The molecular weight excluding hydrogens is 331 g/mol. The average Bonchev–Trinajstić information content (AvgIpc) is 2.69. The Bertz CT molecular complexity index is 827. The molecule has 6 nitrogen and oxygen atoms in total. The molecule has 1 aromatic carbocycles. The third-order valence-electron chi connectivity index (χ3n) is 4.03. The Labute approximate surface area is 152 Å². The van der Waals surface area contributed by atoms with Gasteiger partial charge in [-0.25, -0.2) is 4.39 Å². The second-order valence-corrected chi connectivity index (χ2v) is 5.94. The van der Waals surface area contributed by atoms with E-state index < -0.39 is 0 Å². The van der Waals surface area contributed by atoms with Crippen LogP contribution >= 0.6 is 0 Å². The minimum absolute atomic E-state index is 0.188. The number of nitrogens with one attached hydrogen (secondary N) is 1. The molecule has 0 fully saturated rings. The lowest BCUT2D eigenvalue weighted by Crippen LogP contribution is -2.23. The first-order valence-corrected chi connectivity index (χ1v) is 8.49. The van der Waals surface area contributed by atoms with Gasteiger partial charge in [0.1, 0.15) is 5.82 Å². The number of anilines is 2. The molecule has 7 heteroatoms. The van der Waals surface area contributed by atoms with Crippen LogP contribution < -0.4 is 10.2 Å². The minimum atomic E-state index is -0.188. The number of aromatic nitrogens is 4. The Kier molecular flexibility index (Phi) is 6.03. The molecule has 0 bridgehead atoms. The first-order valence-electron chi connectivity index (χ1n) is 8.49. The van der Waals surface area contributed by atoms with Crippen LogP contribution in [0.4, 0.5) is 16.2 Å². The van der Waals surface area contributed by atoms with Crippen molar-refractivity contribution in [3.8, 4) is 0 Å². The van der Waals surface area contributed by atoms with Gasteiger partial charge in [0.05, 0.1) is 6.20 Å². The van der Waals surface area contributed by atoms with Crippen molar-refractivity contribution in [1.29, 1.82) is 0 Å². The third kappa shape index (κ3) is 4.95. The summed E-state index contributed by atoms with van der Waals surface area (Å²) in [5.41, 5.74) is 1.88. The first-order chi connectivity index (χ1) is 12.7. The maximum atomic E-state index is 13.6. The summed E-state index contributed by atoms with van der Waals surface area (Å²) in [5.74, 6) is 0.990. The van der Waals surface area contributed by atoms with E-state index >= 15 is 0 Å². The summed E-state index contributed by atoms with van der Waals surface area (Å²) < 4.78 is 13.6. The predicted octanol–water partition coefficient (Wildman–Crippen LogP) is 2.74. The van der Waals surface area contributed by atoms with Crippen LogP contribution in [-0.2, 0) is 12.8 Å². The molecule has 0 saturated heterocycles. The molecule has 0 aliphatic heterocycles. The van der Waals surface area contributed by atoms with Crippen molar-refractivity contribution >= 4 is 11.8 Å². The van der Waals surface area contributed by atoms with Gasteiger partial charge in [0.15, 0.2) is 5.82 Å². The number of nitrogens with zero attached hydrogens (tertiary/aromatic N) is 5. The van der Waals surface area contributed by atoms with Crippen LogP contribution in [0, 0.1) is 5.82 Å². The van der Waals surface area contributed by atoms with Gasteiger partial charge in [0.2, 0.25) is 5.95 Å². The Morgan fingerprint density at radius 1 is 1.08 bits per heavy atom. The van der Waals surface area contributed by atoms with E-state index in [-0.39, 0.29) is 5.82 Å². The van der Waals surface area contributed by atoms with Crippen molar-refractivity contribution in [1.82, 2.24) is 20.2 Å². The fraction of sp³-hybridized carbons (Fsp3) is 0.263. The largest absolute Gasteiger partial charge is 0.368 e. The molecule has 26 heavy (non-hydrogen) atoms. The third-order valence-corrected chi connectivity index (χ3v) is 4.03. The predicted molar refractivity (Wildman–Crippen MR) is 99.6 cm³/mol. The molecule has 0 spiro atoms. The van der Waals surface area contributed by atoms with Gasteiger partial charge in [-0.2, -0.15) is 10.1 Å². The lowest BCUT2D eigenvalue weighted by atomic mass is 10.1. The van der Waals surface area contributed by atoms with Gasteiger partial charge in [-0.3, -0.25) is 4.98 Å². The molecule has 0 aliphatic rings. The molecule has 1 N–H and O–H groups in total. The van der Waals surface area contributed by atoms with Gasteiger partial charge in [-0.15, -0.1) is 5.10 Å². The van der Waals surface area contributed by atoms with Crippen molar-refractivity contribution in [2.24, 2.45) is 0 Å². The standard InChI is InChI=1S/C19H21FN6/c1-26(13-9-15-6-10-21-11-7-15)19-24-18(14-23-25-19)22-12-8-16-4-2-3-5-17(16)20/h2-7,10-11,14H,8-9,12-13H2,1H3,(H,22,24,25). The van der Waals surface area contributed by atoms with Crippen molar-refractivity contribution in [3.63, 3.8) is 0 Å². The van der Waals surface area contributed by atoms with Gasteiger partial charge in [-0.1, -0.05) is 18.2 Å². The molecular formula is C19H21FN6. The van der Waals surface area contributed by atoms with E-state index in [2.05, 4.69) is 25.5 Å². The highest BCUT2D eigenvalue weighted by atomic mass is 19.1. The minimum Gasteiger partial charge on any atom is -0.368 e. The lowest BCUT2D eigenvalue weighted by Gasteiger charge is -2.17. The van der Waals surface area contributed by atoms with E-state index in [0.29, 0.717) is 30.3 Å². The quantitative estimate of drug-likeness (QED) is 0.672. The summed E-state index contributed by atoms with van der Waals surface area (Å²) in [6, 6.07) is 10.8. The second kappa shape index (κ2) is 8.84. The molecule has 0 amide bonds. The Balaban J connectivity index is 1.53. The molecule has 0 saturated carbocycles. The van der Waals surface area contributed by atoms with E-state index in [1.807, 2.05) is 30.1 Å². The number of hydrogen-bond acceptors (Lipinski definition) is 6. The van der Waals surface area contributed by atoms with Gasteiger partial charge in [-0.05, 0) is 42.2 Å². The van der Waals surface area contributed by atoms with E-state index in [4.69, 9.17) is 0 Å². The molecule has 0 atom stereocenters. The SMILES string of the molecule is CN(CCc1ccncc1)c1nncc(NCCc2ccccc2F)n1. The molecule has 0 unspecified atom stereocenters. The Morgan fingerprint density at radius 2 is 1.88 bits per heavy atom. The summed E-state index contributed by atoms with van der Waals surface area (Å²) >= 11 is 0. The Morgan fingerprint density at radius 3 is 2.69 bits per heavy atom. The average molecular weight is 352 g/mol. The normalized spacial score (nSPS) is 10.5. The molecule has 0 radical (unpaired) electrons. The smallest absolute Gasteiger partial charge is 0.247 e. The monoisotopic (exact) mass is 352 g/mol. The highest BCUT2D eigenvalue weighted by molar-refractivity contribution is 5.38. The summed E-state index contributed by atoms with van der Waals surface area (Å²) in [5, 5.41) is 11.3. The van der Waals surface area contributed by atoms with Gasteiger partial charge < -0.3 is 10.2 Å². The zero-order valence-corrected chi connectivity index (χ0v) is 14.6. The lowest BCUT2D eigenvalue weighted by molar-refractivity contribution is 0.610. The summed E-state index contributed by atoms with van der Waals surface area (Å²) in [6.45, 7) is 1.34. The molecule has 2 heterocycles. The highest BCUT2D eigenvalue weighted by Crippen LogP contribution is 2.10. The molecule has 3 rings (SSSR count). The van der Waals surface area contributed by atoms with Crippen LogP contribution in [0.25, 0.3) is 0 Å². The topological polar surface area (TPSA) is 66.8 Å². The van der Waals surface area contributed by atoms with Crippen molar-refractivity contribution in [2.45, 2.75) is 12.8 Å². The van der Waals surface area contributed by atoms with Crippen molar-refractivity contribution in [2.75, 3.05) is 30.4 Å². The van der Waals surface area contributed by atoms with E-state index in [1.54, 1.807) is 30.7 Å². The van der Waals surface area contributed by atoms with Crippen LogP contribution in [0.2, 0.25) is 0 Å². The number of pyridine rings is 1.